The number of imide groups is 1. The second-order valence-corrected chi connectivity index (χ2v) is 5.85. The topological polar surface area (TPSA) is 66.5 Å². The van der Waals surface area contributed by atoms with Crippen molar-refractivity contribution in [1.29, 1.82) is 0 Å². The fourth-order valence-electron chi connectivity index (χ4n) is 2.06. The summed E-state index contributed by atoms with van der Waals surface area (Å²) in [5, 5.41) is 2.80. The van der Waals surface area contributed by atoms with Gasteiger partial charge in [0.05, 0.1) is 0 Å². The third kappa shape index (κ3) is 4.03. The summed E-state index contributed by atoms with van der Waals surface area (Å²) in [5.74, 6) is -0.368. The largest absolute Gasteiger partial charge is 0.326 e. The number of nitrogens with one attached hydrogen (secondary N) is 1. The van der Waals surface area contributed by atoms with E-state index in [-0.39, 0.29) is 17.7 Å². The molecule has 3 amide bonds. The molecule has 1 heterocycles. The van der Waals surface area contributed by atoms with Crippen molar-refractivity contribution >= 4 is 46.0 Å². The van der Waals surface area contributed by atoms with Gasteiger partial charge in [0.15, 0.2) is 0 Å². The summed E-state index contributed by atoms with van der Waals surface area (Å²) in [6.07, 6.45) is 1.39. The van der Waals surface area contributed by atoms with Crippen LogP contribution >= 0.6 is 22.6 Å². The molecule has 0 aromatic heterocycles. The van der Waals surface area contributed by atoms with E-state index in [0.29, 0.717) is 32.2 Å². The summed E-state index contributed by atoms with van der Waals surface area (Å²) in [4.78, 5) is 35.8. The van der Waals surface area contributed by atoms with Crippen molar-refractivity contribution in [3.63, 3.8) is 0 Å². The molecule has 6 heteroatoms. The minimum absolute atomic E-state index is 0.105. The Labute approximate surface area is 130 Å². The van der Waals surface area contributed by atoms with E-state index in [2.05, 4.69) is 27.9 Å². The standard InChI is InChI=1S/C14H15IN2O3/c15-10-3-1-4-11(9-10)16-12(18)5-2-8-17-13(19)6-7-14(17)20/h1,3-4,9H,2,5-8H2,(H,16,18). The summed E-state index contributed by atoms with van der Waals surface area (Å²) in [5.41, 5.74) is 0.759. The second-order valence-electron chi connectivity index (χ2n) is 4.60. The number of likely N-dealkylation sites (tertiary alicyclic amines) is 1. The maximum atomic E-state index is 11.8. The molecule has 1 aliphatic rings. The van der Waals surface area contributed by atoms with E-state index < -0.39 is 0 Å². The Hall–Kier alpha value is -1.44. The molecular formula is C14H15IN2O3. The van der Waals surface area contributed by atoms with E-state index >= 15 is 0 Å². The van der Waals surface area contributed by atoms with E-state index in [4.69, 9.17) is 0 Å². The van der Waals surface area contributed by atoms with E-state index in [0.717, 1.165) is 9.26 Å². The molecule has 0 spiro atoms. The number of halogens is 1. The first kappa shape index (κ1) is 15.0. The number of carbonyl (C=O) groups is 3. The molecule has 0 saturated carbocycles. The smallest absolute Gasteiger partial charge is 0.229 e. The molecule has 0 unspecified atom stereocenters. The molecule has 1 fully saturated rings. The van der Waals surface area contributed by atoms with Gasteiger partial charge in [-0.15, -0.1) is 0 Å². The normalized spacial score (nSPS) is 14.8. The highest BCUT2D eigenvalue weighted by Gasteiger charge is 2.28. The lowest BCUT2D eigenvalue weighted by Gasteiger charge is -2.13. The number of hydrogen-bond donors (Lipinski definition) is 1. The zero-order chi connectivity index (χ0) is 14.5. The van der Waals surface area contributed by atoms with Gasteiger partial charge in [-0.1, -0.05) is 6.07 Å². The van der Waals surface area contributed by atoms with Crippen molar-refractivity contribution in [2.45, 2.75) is 25.7 Å². The van der Waals surface area contributed by atoms with Crippen LogP contribution in [0.15, 0.2) is 24.3 Å². The fraction of sp³-hybridized carbons (Fsp3) is 0.357. The van der Waals surface area contributed by atoms with Crippen molar-refractivity contribution in [1.82, 2.24) is 4.90 Å². The molecule has 0 bridgehead atoms. The molecule has 0 aliphatic carbocycles. The lowest BCUT2D eigenvalue weighted by molar-refractivity contribution is -0.138. The van der Waals surface area contributed by atoms with Crippen molar-refractivity contribution in [2.75, 3.05) is 11.9 Å². The molecule has 20 heavy (non-hydrogen) atoms. The number of anilines is 1. The Morgan fingerprint density at radius 3 is 2.60 bits per heavy atom. The molecule has 0 atom stereocenters. The van der Waals surface area contributed by atoms with Gasteiger partial charge in [0.1, 0.15) is 0 Å². The average Bonchev–Trinajstić information content (AvgIpc) is 2.70. The quantitative estimate of drug-likeness (QED) is 0.623. The van der Waals surface area contributed by atoms with Gasteiger partial charge in [-0.2, -0.15) is 0 Å². The molecular weight excluding hydrogens is 371 g/mol. The third-order valence-corrected chi connectivity index (χ3v) is 3.72. The number of carbonyl (C=O) groups excluding carboxylic acids is 3. The third-order valence-electron chi connectivity index (χ3n) is 3.05. The number of benzene rings is 1. The highest BCUT2D eigenvalue weighted by Crippen LogP contribution is 2.14. The summed E-state index contributed by atoms with van der Waals surface area (Å²) in [7, 11) is 0. The van der Waals surface area contributed by atoms with Gasteiger partial charge in [-0.05, 0) is 47.2 Å². The first-order valence-electron chi connectivity index (χ1n) is 6.45. The van der Waals surface area contributed by atoms with Crippen LogP contribution in [0, 0.1) is 3.57 Å². The number of hydrogen-bond acceptors (Lipinski definition) is 3. The molecule has 1 N–H and O–H groups in total. The maximum absolute atomic E-state index is 11.8. The average molecular weight is 386 g/mol. The molecule has 5 nitrogen and oxygen atoms in total. The Balaban J connectivity index is 1.75. The predicted molar refractivity (Wildman–Crippen MR) is 83.0 cm³/mol. The van der Waals surface area contributed by atoms with Crippen molar-refractivity contribution in [2.24, 2.45) is 0 Å². The molecule has 1 aliphatic heterocycles. The fourth-order valence-corrected chi connectivity index (χ4v) is 2.60. The first-order valence-corrected chi connectivity index (χ1v) is 7.53. The van der Waals surface area contributed by atoms with Gasteiger partial charge in [0, 0.05) is 35.1 Å². The monoisotopic (exact) mass is 386 g/mol. The van der Waals surface area contributed by atoms with Crippen LogP contribution < -0.4 is 5.32 Å². The molecule has 0 radical (unpaired) electrons. The SMILES string of the molecule is O=C(CCCN1C(=O)CCC1=O)Nc1cccc(I)c1. The van der Waals surface area contributed by atoms with Crippen LogP contribution in [-0.2, 0) is 14.4 Å². The lowest BCUT2D eigenvalue weighted by Crippen LogP contribution is -2.30. The lowest BCUT2D eigenvalue weighted by atomic mass is 10.2. The predicted octanol–water partition coefficient (Wildman–Crippen LogP) is 2.16. The number of rotatable bonds is 5. The number of nitrogens with zero attached hydrogens (tertiary/aromatic N) is 1. The Kier molecular flexibility index (Phi) is 5.11. The van der Waals surface area contributed by atoms with E-state index in [1.807, 2.05) is 24.3 Å². The van der Waals surface area contributed by atoms with Crippen molar-refractivity contribution in [3.8, 4) is 0 Å². The van der Waals surface area contributed by atoms with Crippen molar-refractivity contribution < 1.29 is 14.4 Å². The molecule has 106 valence electrons. The zero-order valence-electron chi connectivity index (χ0n) is 10.9. The van der Waals surface area contributed by atoms with Gasteiger partial charge in [-0.3, -0.25) is 19.3 Å². The molecule has 1 aromatic rings. The van der Waals surface area contributed by atoms with Crippen LogP contribution in [0.4, 0.5) is 5.69 Å². The van der Waals surface area contributed by atoms with Crippen LogP contribution in [0.25, 0.3) is 0 Å². The van der Waals surface area contributed by atoms with Crippen LogP contribution in [-0.4, -0.2) is 29.2 Å². The summed E-state index contributed by atoms with van der Waals surface area (Å²) in [6.45, 7) is 0.331. The number of amides is 3. The van der Waals surface area contributed by atoms with Crippen molar-refractivity contribution in [3.05, 3.63) is 27.8 Å². The minimum Gasteiger partial charge on any atom is -0.326 e. The Morgan fingerprint density at radius 2 is 1.95 bits per heavy atom. The zero-order valence-corrected chi connectivity index (χ0v) is 13.1. The maximum Gasteiger partial charge on any atom is 0.229 e. The summed E-state index contributed by atoms with van der Waals surface area (Å²) >= 11 is 2.18. The van der Waals surface area contributed by atoms with E-state index in [1.165, 1.54) is 4.90 Å². The van der Waals surface area contributed by atoms with Gasteiger partial charge in [0.25, 0.3) is 0 Å². The van der Waals surface area contributed by atoms with Crippen LogP contribution in [0.1, 0.15) is 25.7 Å². The van der Waals surface area contributed by atoms with Gasteiger partial charge in [0.2, 0.25) is 17.7 Å². The van der Waals surface area contributed by atoms with Gasteiger partial charge < -0.3 is 5.32 Å². The second kappa shape index (κ2) is 6.83. The van der Waals surface area contributed by atoms with Crippen LogP contribution in [0.5, 0.6) is 0 Å². The van der Waals surface area contributed by atoms with Gasteiger partial charge in [-0.25, -0.2) is 0 Å². The van der Waals surface area contributed by atoms with E-state index in [1.54, 1.807) is 0 Å². The summed E-state index contributed by atoms with van der Waals surface area (Å²) in [6, 6.07) is 7.53. The highest BCUT2D eigenvalue weighted by molar-refractivity contribution is 14.1. The highest BCUT2D eigenvalue weighted by atomic mass is 127. The Bertz CT molecular complexity index is 529. The summed E-state index contributed by atoms with van der Waals surface area (Å²) < 4.78 is 1.05. The molecule has 1 aromatic carbocycles. The van der Waals surface area contributed by atoms with Crippen LogP contribution in [0.2, 0.25) is 0 Å². The molecule has 1 saturated heterocycles. The molecule has 2 rings (SSSR count). The van der Waals surface area contributed by atoms with E-state index in [9.17, 15) is 14.4 Å². The first-order chi connectivity index (χ1) is 9.56. The Morgan fingerprint density at radius 1 is 1.25 bits per heavy atom. The van der Waals surface area contributed by atoms with Crippen LogP contribution in [0.3, 0.4) is 0 Å². The minimum atomic E-state index is -0.131. The van der Waals surface area contributed by atoms with Gasteiger partial charge >= 0.3 is 0 Å².